The van der Waals surface area contributed by atoms with Crippen LogP contribution in [-0.4, -0.2) is 41.6 Å². The van der Waals surface area contributed by atoms with Crippen LogP contribution in [0.1, 0.15) is 31.8 Å². The molecule has 0 saturated heterocycles. The standard InChI is InChI=1S/C25H26N2O7S/c1-15-6-10-18(11-7-15)27-35(30,31)23-12-17(9-8-16(23)2)24(28)26-20-14-22(33-4)21(32-3)13-19(20)25(29)34-5/h6-14,27H,1-5H3,(H,26,28). The SMILES string of the molecule is COC(=O)c1cc(OC)c(OC)cc1NC(=O)c1ccc(C)c(S(=O)(=O)Nc2ccc(C)cc2)c1. The van der Waals surface area contributed by atoms with Crippen LogP contribution in [0.5, 0.6) is 11.5 Å². The van der Waals surface area contributed by atoms with Crippen molar-refractivity contribution in [1.82, 2.24) is 0 Å². The van der Waals surface area contributed by atoms with Crippen LogP contribution in [-0.2, 0) is 14.8 Å². The molecule has 10 heteroatoms. The van der Waals surface area contributed by atoms with Gasteiger partial charge in [-0.25, -0.2) is 13.2 Å². The van der Waals surface area contributed by atoms with E-state index >= 15 is 0 Å². The Morgan fingerprint density at radius 3 is 2.06 bits per heavy atom. The average Bonchev–Trinajstić information content (AvgIpc) is 2.84. The molecule has 1 amide bonds. The first-order chi connectivity index (χ1) is 16.6. The van der Waals surface area contributed by atoms with E-state index < -0.39 is 21.9 Å². The first kappa shape index (κ1) is 25.6. The molecule has 0 saturated carbocycles. The second kappa shape index (κ2) is 10.5. The normalized spacial score (nSPS) is 10.9. The van der Waals surface area contributed by atoms with Crippen molar-refractivity contribution in [2.24, 2.45) is 0 Å². The Balaban J connectivity index is 1.96. The van der Waals surface area contributed by atoms with E-state index in [0.29, 0.717) is 11.3 Å². The number of ether oxygens (including phenoxy) is 3. The molecule has 9 nitrogen and oxygen atoms in total. The van der Waals surface area contributed by atoms with Gasteiger partial charge in [-0.2, -0.15) is 0 Å². The summed E-state index contributed by atoms with van der Waals surface area (Å²) in [6.45, 7) is 3.53. The molecule has 0 aliphatic carbocycles. The smallest absolute Gasteiger partial charge is 0.340 e. The molecule has 0 aromatic heterocycles. The van der Waals surface area contributed by atoms with Gasteiger partial charge in [0.15, 0.2) is 11.5 Å². The second-order valence-electron chi connectivity index (χ2n) is 7.65. The van der Waals surface area contributed by atoms with Gasteiger partial charge in [-0.1, -0.05) is 23.8 Å². The first-order valence-corrected chi connectivity index (χ1v) is 11.9. The number of methoxy groups -OCH3 is 3. The molecular formula is C25H26N2O7S. The molecule has 2 N–H and O–H groups in total. The molecule has 0 unspecified atom stereocenters. The Bertz CT molecular complexity index is 1370. The van der Waals surface area contributed by atoms with Gasteiger partial charge in [0, 0.05) is 23.4 Å². The van der Waals surface area contributed by atoms with Crippen molar-refractivity contribution in [3.05, 3.63) is 76.9 Å². The van der Waals surface area contributed by atoms with Gasteiger partial charge >= 0.3 is 5.97 Å². The van der Waals surface area contributed by atoms with E-state index in [1.165, 1.54) is 51.7 Å². The van der Waals surface area contributed by atoms with Crippen LogP contribution < -0.4 is 19.5 Å². The monoisotopic (exact) mass is 498 g/mol. The Morgan fingerprint density at radius 1 is 0.829 bits per heavy atom. The molecule has 35 heavy (non-hydrogen) atoms. The third-order valence-electron chi connectivity index (χ3n) is 5.22. The summed E-state index contributed by atoms with van der Waals surface area (Å²) >= 11 is 0. The topological polar surface area (TPSA) is 120 Å². The lowest BCUT2D eigenvalue weighted by molar-refractivity contribution is 0.0601. The van der Waals surface area contributed by atoms with Gasteiger partial charge in [-0.05, 0) is 43.7 Å². The van der Waals surface area contributed by atoms with Crippen LogP contribution in [0, 0.1) is 13.8 Å². The zero-order chi connectivity index (χ0) is 25.8. The number of carbonyl (C=O) groups excluding carboxylic acids is 2. The summed E-state index contributed by atoms with van der Waals surface area (Å²) in [5.74, 6) is -0.772. The van der Waals surface area contributed by atoms with Crippen molar-refractivity contribution in [3.8, 4) is 11.5 Å². The number of hydrogen-bond donors (Lipinski definition) is 2. The highest BCUT2D eigenvalue weighted by Gasteiger charge is 2.22. The second-order valence-corrected chi connectivity index (χ2v) is 9.30. The van der Waals surface area contributed by atoms with E-state index in [2.05, 4.69) is 10.0 Å². The number of hydrogen-bond acceptors (Lipinski definition) is 7. The van der Waals surface area contributed by atoms with Gasteiger partial charge in [-0.15, -0.1) is 0 Å². The summed E-state index contributed by atoms with van der Waals surface area (Å²) in [7, 11) is 0.0684. The molecule has 0 aliphatic rings. The van der Waals surface area contributed by atoms with E-state index in [1.54, 1.807) is 31.2 Å². The molecule has 3 aromatic rings. The van der Waals surface area contributed by atoms with Crippen LogP contribution in [0.2, 0.25) is 0 Å². The minimum Gasteiger partial charge on any atom is -0.493 e. The maximum absolute atomic E-state index is 13.1. The van der Waals surface area contributed by atoms with Crippen molar-refractivity contribution >= 4 is 33.3 Å². The number of amides is 1. The molecule has 0 atom stereocenters. The molecular weight excluding hydrogens is 472 g/mol. The van der Waals surface area contributed by atoms with Gasteiger partial charge in [0.05, 0.1) is 37.5 Å². The summed E-state index contributed by atoms with van der Waals surface area (Å²) in [6.07, 6.45) is 0. The Hall–Kier alpha value is -4.05. The van der Waals surface area contributed by atoms with Crippen LogP contribution in [0.25, 0.3) is 0 Å². The molecule has 0 spiro atoms. The van der Waals surface area contributed by atoms with Gasteiger partial charge in [-0.3, -0.25) is 9.52 Å². The van der Waals surface area contributed by atoms with Crippen molar-refractivity contribution in [3.63, 3.8) is 0 Å². The Kier molecular flexibility index (Phi) is 7.65. The highest BCUT2D eigenvalue weighted by atomic mass is 32.2. The minimum absolute atomic E-state index is 0.0412. The number of carbonyl (C=O) groups is 2. The highest BCUT2D eigenvalue weighted by molar-refractivity contribution is 7.92. The molecule has 0 radical (unpaired) electrons. The van der Waals surface area contributed by atoms with Gasteiger partial charge in [0.2, 0.25) is 0 Å². The number of benzene rings is 3. The maximum Gasteiger partial charge on any atom is 0.340 e. The molecule has 3 aromatic carbocycles. The Morgan fingerprint density at radius 2 is 1.46 bits per heavy atom. The largest absolute Gasteiger partial charge is 0.493 e. The lowest BCUT2D eigenvalue weighted by atomic mass is 10.1. The van der Waals surface area contributed by atoms with Crippen molar-refractivity contribution in [1.29, 1.82) is 0 Å². The van der Waals surface area contributed by atoms with Crippen molar-refractivity contribution in [2.45, 2.75) is 18.7 Å². The minimum atomic E-state index is -3.97. The molecule has 0 fully saturated rings. The van der Waals surface area contributed by atoms with Crippen LogP contribution >= 0.6 is 0 Å². The quantitative estimate of drug-likeness (QED) is 0.448. The van der Waals surface area contributed by atoms with E-state index in [4.69, 9.17) is 14.2 Å². The number of sulfonamides is 1. The van der Waals surface area contributed by atoms with E-state index in [0.717, 1.165) is 5.56 Å². The Labute approximate surface area is 204 Å². The third kappa shape index (κ3) is 5.72. The predicted octanol–water partition coefficient (Wildman–Crippen LogP) is 4.16. The fraction of sp³-hybridized carbons (Fsp3) is 0.200. The maximum atomic E-state index is 13.1. The molecule has 0 bridgehead atoms. The van der Waals surface area contributed by atoms with Crippen molar-refractivity contribution in [2.75, 3.05) is 31.4 Å². The lowest BCUT2D eigenvalue weighted by Crippen LogP contribution is -2.18. The summed E-state index contributed by atoms with van der Waals surface area (Å²) in [4.78, 5) is 25.3. The van der Waals surface area contributed by atoms with Gasteiger partial charge < -0.3 is 19.5 Å². The summed E-state index contributed by atoms with van der Waals surface area (Å²) < 4.78 is 43.9. The number of aryl methyl sites for hydroxylation is 2. The molecule has 3 rings (SSSR count). The number of nitrogens with one attached hydrogen (secondary N) is 2. The predicted molar refractivity (Wildman–Crippen MR) is 132 cm³/mol. The summed E-state index contributed by atoms with van der Waals surface area (Å²) in [5, 5.41) is 2.63. The van der Waals surface area contributed by atoms with E-state index in [9.17, 15) is 18.0 Å². The van der Waals surface area contributed by atoms with Crippen LogP contribution in [0.3, 0.4) is 0 Å². The lowest BCUT2D eigenvalue weighted by Gasteiger charge is -2.15. The summed E-state index contributed by atoms with van der Waals surface area (Å²) in [6, 6.07) is 14.0. The van der Waals surface area contributed by atoms with E-state index in [-0.39, 0.29) is 33.2 Å². The third-order valence-corrected chi connectivity index (χ3v) is 6.74. The van der Waals surface area contributed by atoms with Crippen molar-refractivity contribution < 1.29 is 32.2 Å². The number of esters is 1. The fourth-order valence-corrected chi connectivity index (χ4v) is 4.65. The molecule has 0 aliphatic heterocycles. The average molecular weight is 499 g/mol. The fourth-order valence-electron chi connectivity index (χ4n) is 3.32. The van der Waals surface area contributed by atoms with Crippen LogP contribution in [0.4, 0.5) is 11.4 Å². The molecule has 184 valence electrons. The molecule has 0 heterocycles. The zero-order valence-electron chi connectivity index (χ0n) is 20.0. The van der Waals surface area contributed by atoms with E-state index in [1.807, 2.05) is 6.92 Å². The van der Waals surface area contributed by atoms with Gasteiger partial charge in [0.25, 0.3) is 15.9 Å². The zero-order valence-corrected chi connectivity index (χ0v) is 20.8. The van der Waals surface area contributed by atoms with Gasteiger partial charge in [0.1, 0.15) is 0 Å². The summed E-state index contributed by atoms with van der Waals surface area (Å²) in [5.41, 5.74) is 2.08. The van der Waals surface area contributed by atoms with Crippen LogP contribution in [0.15, 0.2) is 59.5 Å². The first-order valence-electron chi connectivity index (χ1n) is 10.5. The number of anilines is 2. The number of rotatable bonds is 8. The highest BCUT2D eigenvalue weighted by Crippen LogP contribution is 2.34.